The molecule has 0 aromatic heterocycles. The van der Waals surface area contributed by atoms with E-state index in [9.17, 15) is 4.79 Å². The van der Waals surface area contributed by atoms with Crippen molar-refractivity contribution in [3.8, 4) is 0 Å². The molecule has 4 nitrogen and oxygen atoms in total. The molecule has 1 N–H and O–H groups in total. The molecule has 0 bridgehead atoms. The van der Waals surface area contributed by atoms with Gasteiger partial charge in [-0.05, 0) is 32.1 Å². The van der Waals surface area contributed by atoms with Gasteiger partial charge in [0.05, 0.1) is 18.8 Å². The average Bonchev–Trinajstić information content (AvgIpc) is 3.04. The predicted molar refractivity (Wildman–Crippen MR) is 64.7 cm³/mol. The van der Waals surface area contributed by atoms with E-state index in [0.717, 1.165) is 32.5 Å². The van der Waals surface area contributed by atoms with E-state index in [4.69, 9.17) is 4.74 Å². The van der Waals surface area contributed by atoms with Crippen molar-refractivity contribution in [2.24, 2.45) is 0 Å². The molecule has 0 radical (unpaired) electrons. The first-order valence-electron chi connectivity index (χ1n) is 6.99. The van der Waals surface area contributed by atoms with Crippen molar-refractivity contribution in [1.29, 1.82) is 0 Å². The first-order valence-corrected chi connectivity index (χ1v) is 6.99. The van der Waals surface area contributed by atoms with Gasteiger partial charge in [-0.15, -0.1) is 0 Å². The smallest absolute Gasteiger partial charge is 0.224 e. The molecule has 17 heavy (non-hydrogen) atoms. The highest BCUT2D eigenvalue weighted by Crippen LogP contribution is 2.29. The first-order chi connectivity index (χ1) is 8.34. The van der Waals surface area contributed by atoms with Crippen LogP contribution in [0.1, 0.15) is 38.5 Å². The first kappa shape index (κ1) is 11.5. The van der Waals surface area contributed by atoms with E-state index in [1.54, 1.807) is 0 Å². The van der Waals surface area contributed by atoms with Crippen molar-refractivity contribution in [3.63, 3.8) is 0 Å². The molecule has 1 aliphatic heterocycles. The molecule has 3 rings (SSSR count). The van der Waals surface area contributed by atoms with Crippen LogP contribution < -0.4 is 5.32 Å². The Labute approximate surface area is 103 Å². The van der Waals surface area contributed by atoms with Crippen LogP contribution in [0.5, 0.6) is 0 Å². The molecule has 1 amide bonds. The number of ether oxygens (including phenoxy) is 1. The maximum Gasteiger partial charge on any atom is 0.224 e. The van der Waals surface area contributed by atoms with Crippen LogP contribution in [0.15, 0.2) is 0 Å². The second-order valence-corrected chi connectivity index (χ2v) is 5.47. The maximum atomic E-state index is 12.2. The van der Waals surface area contributed by atoms with Gasteiger partial charge in [0, 0.05) is 25.6 Å². The van der Waals surface area contributed by atoms with E-state index in [1.807, 2.05) is 0 Å². The summed E-state index contributed by atoms with van der Waals surface area (Å²) in [5.41, 5.74) is 0. The number of nitrogens with zero attached hydrogens (tertiary/aromatic N) is 1. The quantitative estimate of drug-likeness (QED) is 0.791. The minimum Gasteiger partial charge on any atom is -0.374 e. The van der Waals surface area contributed by atoms with Gasteiger partial charge in [-0.3, -0.25) is 4.79 Å². The van der Waals surface area contributed by atoms with Crippen molar-refractivity contribution in [2.75, 3.05) is 19.7 Å². The van der Waals surface area contributed by atoms with Crippen LogP contribution >= 0.6 is 0 Å². The lowest BCUT2D eigenvalue weighted by atomic mass is 10.1. The molecule has 4 heteroatoms. The zero-order valence-electron chi connectivity index (χ0n) is 10.4. The Balaban J connectivity index is 1.49. The summed E-state index contributed by atoms with van der Waals surface area (Å²) in [4.78, 5) is 14.3. The third kappa shape index (κ3) is 2.63. The highest BCUT2D eigenvalue weighted by molar-refractivity contribution is 5.77. The third-order valence-electron chi connectivity index (χ3n) is 4.15. The number of carbonyl (C=O) groups is 1. The number of amides is 1. The van der Waals surface area contributed by atoms with Crippen LogP contribution in [-0.2, 0) is 9.53 Å². The largest absolute Gasteiger partial charge is 0.374 e. The zero-order chi connectivity index (χ0) is 11.7. The van der Waals surface area contributed by atoms with Gasteiger partial charge in [-0.1, -0.05) is 0 Å². The van der Waals surface area contributed by atoms with Crippen LogP contribution in [0.25, 0.3) is 0 Å². The standard InChI is InChI=1S/C13H22N2O2/c16-13(6-7-14-10-4-5-10)15-8-9-17-12-3-1-2-11(12)15/h10-12,14H,1-9H2. The number of hydrogen-bond donors (Lipinski definition) is 1. The molecule has 2 unspecified atom stereocenters. The molecule has 2 saturated carbocycles. The minimum atomic E-state index is 0.318. The van der Waals surface area contributed by atoms with Crippen molar-refractivity contribution in [3.05, 3.63) is 0 Å². The number of carbonyl (C=O) groups excluding carboxylic acids is 1. The predicted octanol–water partition coefficient (Wildman–Crippen LogP) is 0.908. The fraction of sp³-hybridized carbons (Fsp3) is 0.923. The molecular formula is C13H22N2O2. The summed E-state index contributed by atoms with van der Waals surface area (Å²) in [6.07, 6.45) is 7.02. The fourth-order valence-electron chi connectivity index (χ4n) is 3.05. The van der Waals surface area contributed by atoms with Crippen LogP contribution in [0.2, 0.25) is 0 Å². The van der Waals surface area contributed by atoms with Crippen molar-refractivity contribution >= 4 is 5.91 Å². The van der Waals surface area contributed by atoms with E-state index in [0.29, 0.717) is 30.5 Å². The minimum absolute atomic E-state index is 0.318. The second-order valence-electron chi connectivity index (χ2n) is 5.47. The fourth-order valence-corrected chi connectivity index (χ4v) is 3.05. The second kappa shape index (κ2) is 4.94. The monoisotopic (exact) mass is 238 g/mol. The lowest BCUT2D eigenvalue weighted by molar-refractivity contribution is -0.143. The summed E-state index contributed by atoms with van der Waals surface area (Å²) in [5.74, 6) is 0.318. The number of fused-ring (bicyclic) bond motifs is 1. The van der Waals surface area contributed by atoms with Gasteiger partial charge >= 0.3 is 0 Å². The molecule has 0 spiro atoms. The Kier molecular flexibility index (Phi) is 3.34. The molecule has 0 aromatic carbocycles. The molecule has 1 saturated heterocycles. The van der Waals surface area contributed by atoms with Crippen LogP contribution in [0.4, 0.5) is 0 Å². The van der Waals surface area contributed by atoms with Crippen molar-refractivity contribution in [1.82, 2.24) is 10.2 Å². The normalized spacial score (nSPS) is 32.6. The highest BCUT2D eigenvalue weighted by Gasteiger charge is 2.38. The van der Waals surface area contributed by atoms with Crippen LogP contribution in [-0.4, -0.2) is 48.7 Å². The summed E-state index contributed by atoms with van der Waals surface area (Å²) in [7, 11) is 0. The van der Waals surface area contributed by atoms with Gasteiger partial charge in [0.1, 0.15) is 0 Å². The number of rotatable bonds is 4. The molecule has 0 aromatic rings. The number of hydrogen-bond acceptors (Lipinski definition) is 3. The van der Waals surface area contributed by atoms with Gasteiger partial charge in [0.2, 0.25) is 5.91 Å². The summed E-state index contributed by atoms with van der Waals surface area (Å²) in [6, 6.07) is 1.07. The molecule has 2 atom stereocenters. The van der Waals surface area contributed by atoms with E-state index < -0.39 is 0 Å². The third-order valence-corrected chi connectivity index (χ3v) is 4.15. The van der Waals surface area contributed by atoms with Crippen molar-refractivity contribution < 1.29 is 9.53 Å². The Bertz CT molecular complexity index is 291. The molecule has 2 aliphatic carbocycles. The molecule has 96 valence electrons. The van der Waals surface area contributed by atoms with E-state index in [-0.39, 0.29) is 0 Å². The Morgan fingerprint density at radius 3 is 3.00 bits per heavy atom. The average molecular weight is 238 g/mol. The summed E-state index contributed by atoms with van der Waals surface area (Å²) < 4.78 is 5.73. The molecular weight excluding hydrogens is 216 g/mol. The van der Waals surface area contributed by atoms with Crippen LogP contribution in [0.3, 0.4) is 0 Å². The van der Waals surface area contributed by atoms with Gasteiger partial charge in [-0.2, -0.15) is 0 Å². The zero-order valence-corrected chi connectivity index (χ0v) is 10.4. The summed E-state index contributed by atoms with van der Waals surface area (Å²) in [5, 5.41) is 3.41. The van der Waals surface area contributed by atoms with Gasteiger partial charge in [0.25, 0.3) is 0 Å². The lowest BCUT2D eigenvalue weighted by Crippen LogP contribution is -2.51. The Hall–Kier alpha value is -0.610. The number of nitrogens with one attached hydrogen (secondary N) is 1. The maximum absolute atomic E-state index is 12.2. The molecule has 3 aliphatic rings. The Morgan fingerprint density at radius 1 is 1.29 bits per heavy atom. The van der Waals surface area contributed by atoms with E-state index in [1.165, 1.54) is 19.3 Å². The van der Waals surface area contributed by atoms with E-state index >= 15 is 0 Å². The topological polar surface area (TPSA) is 41.6 Å². The summed E-state index contributed by atoms with van der Waals surface area (Å²) in [6.45, 7) is 2.37. The highest BCUT2D eigenvalue weighted by atomic mass is 16.5. The number of morpholine rings is 1. The van der Waals surface area contributed by atoms with Crippen LogP contribution in [0, 0.1) is 0 Å². The molecule has 1 heterocycles. The van der Waals surface area contributed by atoms with E-state index in [2.05, 4.69) is 10.2 Å². The Morgan fingerprint density at radius 2 is 2.18 bits per heavy atom. The van der Waals surface area contributed by atoms with Crippen molar-refractivity contribution in [2.45, 2.75) is 56.7 Å². The van der Waals surface area contributed by atoms with Gasteiger partial charge in [0.15, 0.2) is 0 Å². The SMILES string of the molecule is O=C(CCNC1CC1)N1CCOC2CCCC21. The van der Waals surface area contributed by atoms with Gasteiger partial charge in [-0.25, -0.2) is 0 Å². The lowest BCUT2D eigenvalue weighted by Gasteiger charge is -2.37. The molecule has 3 fully saturated rings. The van der Waals surface area contributed by atoms with Gasteiger partial charge < -0.3 is 15.0 Å². The summed E-state index contributed by atoms with van der Waals surface area (Å²) >= 11 is 0.